The van der Waals surface area contributed by atoms with Gasteiger partial charge in [0, 0.05) is 19.2 Å². The molecule has 1 aromatic carbocycles. The minimum absolute atomic E-state index is 0.00640. The molecule has 0 spiro atoms. The second-order valence-electron chi connectivity index (χ2n) is 4.45. The number of aromatic hydroxyl groups is 2. The van der Waals surface area contributed by atoms with Crippen molar-refractivity contribution >= 4 is 5.78 Å². The number of likely N-dealkylation sites (tertiary alicyclic amines) is 1. The van der Waals surface area contributed by atoms with Gasteiger partial charge in [-0.15, -0.1) is 0 Å². The summed E-state index contributed by atoms with van der Waals surface area (Å²) in [5, 5.41) is 37.4. The lowest BCUT2D eigenvalue weighted by Crippen LogP contribution is -2.28. The summed E-state index contributed by atoms with van der Waals surface area (Å²) in [5.74, 6) is -0.717. The van der Waals surface area contributed by atoms with E-state index in [2.05, 4.69) is 0 Å². The number of phenols is 2. The number of aliphatic hydroxyl groups is 2. The number of β-amino-alcohol motifs (C(OH)–C–C–N with tert-alkyl or cyclic N) is 2. The van der Waals surface area contributed by atoms with Crippen LogP contribution in [0.5, 0.6) is 11.5 Å². The van der Waals surface area contributed by atoms with Crippen LogP contribution in [0.25, 0.3) is 0 Å². The van der Waals surface area contributed by atoms with Crippen molar-refractivity contribution < 1.29 is 25.2 Å². The summed E-state index contributed by atoms with van der Waals surface area (Å²) in [6.45, 7) is 0.462. The number of hydrogen-bond acceptors (Lipinski definition) is 6. The molecule has 1 saturated heterocycles. The summed E-state index contributed by atoms with van der Waals surface area (Å²) in [4.78, 5) is 13.5. The van der Waals surface area contributed by atoms with Crippen molar-refractivity contribution in [1.29, 1.82) is 0 Å². The molecule has 0 amide bonds. The Bertz CT molecular complexity index is 452. The molecule has 0 aliphatic carbocycles. The Morgan fingerprint density at radius 1 is 1.22 bits per heavy atom. The Hall–Kier alpha value is -1.63. The van der Waals surface area contributed by atoms with Crippen molar-refractivity contribution in [3.63, 3.8) is 0 Å². The Morgan fingerprint density at radius 3 is 2.39 bits per heavy atom. The molecule has 18 heavy (non-hydrogen) atoms. The van der Waals surface area contributed by atoms with E-state index in [0.717, 1.165) is 6.07 Å². The molecule has 2 atom stereocenters. The van der Waals surface area contributed by atoms with E-state index >= 15 is 0 Å². The van der Waals surface area contributed by atoms with Crippen LogP contribution in [-0.2, 0) is 0 Å². The summed E-state index contributed by atoms with van der Waals surface area (Å²) in [6.07, 6.45) is -1.68. The van der Waals surface area contributed by atoms with Crippen LogP contribution < -0.4 is 0 Å². The summed E-state index contributed by atoms with van der Waals surface area (Å²) in [5.41, 5.74) is 0.115. The van der Waals surface area contributed by atoms with Crippen molar-refractivity contribution in [3.05, 3.63) is 23.8 Å². The first kappa shape index (κ1) is 12.8. The van der Waals surface area contributed by atoms with Crippen molar-refractivity contribution in [3.8, 4) is 11.5 Å². The number of ketones is 1. The van der Waals surface area contributed by atoms with Crippen molar-refractivity contribution in [1.82, 2.24) is 4.90 Å². The fourth-order valence-corrected chi connectivity index (χ4v) is 2.02. The molecule has 2 unspecified atom stereocenters. The van der Waals surface area contributed by atoms with Crippen molar-refractivity contribution in [2.24, 2.45) is 0 Å². The molecule has 6 heteroatoms. The number of hydrogen-bond donors (Lipinski definition) is 4. The van der Waals surface area contributed by atoms with Crippen LogP contribution in [0.15, 0.2) is 18.2 Å². The second kappa shape index (κ2) is 4.93. The molecule has 0 bridgehead atoms. The van der Waals surface area contributed by atoms with Crippen LogP contribution in [0.1, 0.15) is 10.4 Å². The first-order valence-corrected chi connectivity index (χ1v) is 5.61. The summed E-state index contributed by atoms with van der Waals surface area (Å²) in [7, 11) is 0. The SMILES string of the molecule is O=C(CN1CC(O)C(O)C1)c1ccc(O)cc1O. The molecule has 1 aliphatic heterocycles. The number of Topliss-reactive ketones (excluding diaryl/α,β-unsaturated/α-hetero) is 1. The Labute approximate surface area is 104 Å². The highest BCUT2D eigenvalue weighted by Crippen LogP contribution is 2.23. The predicted molar refractivity (Wildman–Crippen MR) is 62.6 cm³/mol. The van der Waals surface area contributed by atoms with Gasteiger partial charge in [0.25, 0.3) is 0 Å². The van der Waals surface area contributed by atoms with Crippen LogP contribution in [0, 0.1) is 0 Å². The number of phenolic OH excluding ortho intramolecular Hbond substituents is 2. The molecular formula is C12H15NO5. The Morgan fingerprint density at radius 2 is 1.83 bits per heavy atom. The average Bonchev–Trinajstić information content (AvgIpc) is 2.57. The topological polar surface area (TPSA) is 101 Å². The van der Waals surface area contributed by atoms with E-state index in [0.29, 0.717) is 0 Å². The van der Waals surface area contributed by atoms with Crippen molar-refractivity contribution in [2.45, 2.75) is 12.2 Å². The highest BCUT2D eigenvalue weighted by molar-refractivity contribution is 6.00. The van der Waals surface area contributed by atoms with Gasteiger partial charge in [-0.2, -0.15) is 0 Å². The van der Waals surface area contributed by atoms with Gasteiger partial charge >= 0.3 is 0 Å². The number of carbonyl (C=O) groups is 1. The zero-order valence-corrected chi connectivity index (χ0v) is 9.65. The molecule has 1 aromatic rings. The molecule has 0 radical (unpaired) electrons. The van der Waals surface area contributed by atoms with E-state index < -0.39 is 12.2 Å². The second-order valence-corrected chi connectivity index (χ2v) is 4.45. The van der Waals surface area contributed by atoms with Crippen LogP contribution in [-0.4, -0.2) is 63.0 Å². The van der Waals surface area contributed by atoms with Crippen LogP contribution >= 0.6 is 0 Å². The van der Waals surface area contributed by atoms with Crippen LogP contribution in [0.3, 0.4) is 0 Å². The minimum Gasteiger partial charge on any atom is -0.508 e. The predicted octanol–water partition coefficient (Wildman–Crippen LogP) is -0.682. The van der Waals surface area contributed by atoms with Gasteiger partial charge in [-0.25, -0.2) is 0 Å². The lowest BCUT2D eigenvalue weighted by Gasteiger charge is -2.14. The summed E-state index contributed by atoms with van der Waals surface area (Å²) in [6, 6.07) is 3.76. The van der Waals surface area contributed by atoms with E-state index in [1.165, 1.54) is 12.1 Å². The highest BCUT2D eigenvalue weighted by Gasteiger charge is 2.30. The number of rotatable bonds is 3. The number of aliphatic hydroxyl groups excluding tert-OH is 2. The molecule has 1 aliphatic rings. The largest absolute Gasteiger partial charge is 0.508 e. The molecule has 1 heterocycles. The zero-order valence-electron chi connectivity index (χ0n) is 9.65. The van der Waals surface area contributed by atoms with Gasteiger partial charge in [0.05, 0.1) is 24.3 Å². The quantitative estimate of drug-likeness (QED) is 0.532. The van der Waals surface area contributed by atoms with E-state index in [9.17, 15) is 20.1 Å². The van der Waals surface area contributed by atoms with E-state index in [1.54, 1.807) is 4.90 Å². The third kappa shape index (κ3) is 2.61. The van der Waals surface area contributed by atoms with E-state index in [4.69, 9.17) is 5.11 Å². The first-order chi connectivity index (χ1) is 8.47. The molecule has 4 N–H and O–H groups in total. The molecule has 1 fully saturated rings. The maximum absolute atomic E-state index is 11.9. The summed E-state index contributed by atoms with van der Waals surface area (Å²) >= 11 is 0. The number of nitrogens with zero attached hydrogens (tertiary/aromatic N) is 1. The maximum Gasteiger partial charge on any atom is 0.180 e. The summed E-state index contributed by atoms with van der Waals surface area (Å²) < 4.78 is 0. The molecule has 2 rings (SSSR count). The lowest BCUT2D eigenvalue weighted by atomic mass is 10.1. The fraction of sp³-hybridized carbons (Fsp3) is 0.417. The third-order valence-corrected chi connectivity index (χ3v) is 2.98. The average molecular weight is 253 g/mol. The van der Waals surface area contributed by atoms with Gasteiger partial charge in [-0.05, 0) is 12.1 Å². The maximum atomic E-state index is 11.9. The molecule has 0 aromatic heterocycles. The molecular weight excluding hydrogens is 238 g/mol. The highest BCUT2D eigenvalue weighted by atomic mass is 16.3. The van der Waals surface area contributed by atoms with Gasteiger partial charge in [0.15, 0.2) is 5.78 Å². The first-order valence-electron chi connectivity index (χ1n) is 5.61. The van der Waals surface area contributed by atoms with Gasteiger partial charge in [0.1, 0.15) is 11.5 Å². The van der Waals surface area contributed by atoms with E-state index in [1.807, 2.05) is 0 Å². The van der Waals surface area contributed by atoms with Crippen molar-refractivity contribution in [2.75, 3.05) is 19.6 Å². The van der Waals surface area contributed by atoms with Gasteiger partial charge in [-0.1, -0.05) is 0 Å². The van der Waals surface area contributed by atoms with Gasteiger partial charge in [0.2, 0.25) is 0 Å². The van der Waals surface area contributed by atoms with Gasteiger partial charge in [-0.3, -0.25) is 9.69 Å². The van der Waals surface area contributed by atoms with Gasteiger partial charge < -0.3 is 20.4 Å². The number of benzene rings is 1. The lowest BCUT2D eigenvalue weighted by molar-refractivity contribution is 0.0572. The van der Waals surface area contributed by atoms with Crippen LogP contribution in [0.2, 0.25) is 0 Å². The minimum atomic E-state index is -0.841. The normalized spacial score (nSPS) is 24.3. The molecule has 98 valence electrons. The third-order valence-electron chi connectivity index (χ3n) is 2.98. The number of carbonyl (C=O) groups excluding carboxylic acids is 1. The smallest absolute Gasteiger partial charge is 0.180 e. The monoisotopic (exact) mass is 253 g/mol. The Balaban J connectivity index is 2.04. The molecule has 0 saturated carbocycles. The fourth-order valence-electron chi connectivity index (χ4n) is 2.02. The van der Waals surface area contributed by atoms with Crippen LogP contribution in [0.4, 0.5) is 0 Å². The Kier molecular flexibility index (Phi) is 3.51. The zero-order chi connectivity index (χ0) is 13.3. The van der Waals surface area contributed by atoms with E-state index in [-0.39, 0.29) is 42.5 Å². The molecule has 6 nitrogen and oxygen atoms in total. The standard InChI is InChI=1S/C12H15NO5/c14-7-1-2-8(9(15)3-7)10(16)4-13-5-11(17)12(18)6-13/h1-3,11-12,14-15,17-18H,4-6H2.